The Morgan fingerprint density at radius 3 is 2.03 bits per heavy atom. The molecule has 0 saturated carbocycles. The summed E-state index contributed by atoms with van der Waals surface area (Å²) in [6, 6.07) is -0.242. The van der Waals surface area contributed by atoms with Crippen LogP contribution in [0.3, 0.4) is 0 Å². The minimum absolute atomic E-state index is 0. The molecule has 10 heteroatoms. The maximum Gasteiger partial charge on any atom is 0.410 e. The van der Waals surface area contributed by atoms with Gasteiger partial charge >= 0.3 is 12.2 Å². The number of amides is 2. The van der Waals surface area contributed by atoms with Gasteiger partial charge in [0, 0.05) is 18.3 Å². The number of aliphatic hydroxyl groups is 1. The van der Waals surface area contributed by atoms with Crippen LogP contribution in [0.2, 0.25) is 0 Å². The number of allylic oxidation sites excluding steroid dienone is 1. The van der Waals surface area contributed by atoms with E-state index in [4.69, 9.17) is 42.5 Å². The highest BCUT2D eigenvalue weighted by atomic mass is 35.5. The Hall–Kier alpha value is -1.48. The van der Waals surface area contributed by atoms with Gasteiger partial charge in [-0.25, -0.2) is 9.59 Å². The fraction of sp³-hybridized carbons (Fsp3) is 0.760. The van der Waals surface area contributed by atoms with E-state index in [1.54, 1.807) is 32.6 Å². The largest absolute Gasteiger partial charge is 0.444 e. The lowest BCUT2D eigenvalue weighted by Crippen LogP contribution is -2.43. The number of alkyl halides is 2. The van der Waals surface area contributed by atoms with Crippen molar-refractivity contribution in [3.8, 4) is 0 Å². The Morgan fingerprint density at radius 1 is 1.17 bits per heavy atom. The second kappa shape index (κ2) is 18.7. The van der Waals surface area contributed by atoms with Crippen LogP contribution in [0.4, 0.5) is 9.59 Å². The monoisotopic (exact) mass is 542 g/mol. The molecule has 1 saturated heterocycles. The molecule has 35 heavy (non-hydrogen) atoms. The summed E-state index contributed by atoms with van der Waals surface area (Å²) in [6.45, 7) is 23.4. The van der Waals surface area contributed by atoms with E-state index in [0.717, 1.165) is 11.1 Å². The molecule has 1 rings (SSSR count). The smallest absolute Gasteiger partial charge is 0.410 e. The SMILES string of the molecule is C.C=C(CCl)CCl.C=C1COCC(C)N(C(=O)OC(C)(C)C)C1.CC(CO)NC(=O)OC(C)(C)C. The molecule has 0 bridgehead atoms. The first kappa shape index (κ1) is 38.1. The summed E-state index contributed by atoms with van der Waals surface area (Å²) in [7, 11) is 0. The molecule has 2 atom stereocenters. The van der Waals surface area contributed by atoms with Crippen LogP contribution in [0, 0.1) is 0 Å². The quantitative estimate of drug-likeness (QED) is 0.346. The summed E-state index contributed by atoms with van der Waals surface area (Å²) in [4.78, 5) is 24.6. The van der Waals surface area contributed by atoms with Gasteiger partial charge in [-0.1, -0.05) is 20.6 Å². The molecular formula is C25H48Cl2N2O6. The molecule has 0 radical (unpaired) electrons. The number of aliphatic hydroxyl groups excluding tert-OH is 1. The van der Waals surface area contributed by atoms with Crippen molar-refractivity contribution in [1.29, 1.82) is 0 Å². The summed E-state index contributed by atoms with van der Waals surface area (Å²) in [5.74, 6) is 0.951. The molecule has 1 heterocycles. The molecule has 1 aliphatic rings. The Balaban J connectivity index is -0.000000478. The predicted molar refractivity (Wildman–Crippen MR) is 146 cm³/mol. The zero-order valence-corrected chi connectivity index (χ0v) is 23.5. The highest BCUT2D eigenvalue weighted by Gasteiger charge is 2.28. The number of carbonyl (C=O) groups is 2. The van der Waals surface area contributed by atoms with Gasteiger partial charge in [-0.2, -0.15) is 0 Å². The van der Waals surface area contributed by atoms with E-state index in [9.17, 15) is 9.59 Å². The van der Waals surface area contributed by atoms with Crippen LogP contribution in [-0.4, -0.2) is 83.6 Å². The van der Waals surface area contributed by atoms with E-state index in [-0.39, 0.29) is 32.2 Å². The average molecular weight is 544 g/mol. The van der Waals surface area contributed by atoms with Gasteiger partial charge < -0.3 is 24.6 Å². The molecule has 2 unspecified atom stereocenters. The number of nitrogens with zero attached hydrogens (tertiary/aromatic N) is 1. The van der Waals surface area contributed by atoms with Crippen LogP contribution in [0.25, 0.3) is 0 Å². The molecule has 1 fully saturated rings. The van der Waals surface area contributed by atoms with Gasteiger partial charge in [0.05, 0.1) is 31.9 Å². The summed E-state index contributed by atoms with van der Waals surface area (Å²) >= 11 is 10.5. The van der Waals surface area contributed by atoms with Crippen LogP contribution in [0.1, 0.15) is 62.8 Å². The fourth-order valence-corrected chi connectivity index (χ4v) is 2.35. The number of alkyl carbamates (subject to hydrolysis) is 1. The lowest BCUT2D eigenvalue weighted by molar-refractivity contribution is 0.0149. The summed E-state index contributed by atoms with van der Waals surface area (Å²) in [5.41, 5.74) is 0.818. The van der Waals surface area contributed by atoms with Gasteiger partial charge in [-0.15, -0.1) is 23.2 Å². The van der Waals surface area contributed by atoms with Gasteiger partial charge in [0.25, 0.3) is 0 Å². The summed E-state index contributed by atoms with van der Waals surface area (Å²) in [6.07, 6.45) is -0.796. The third-order valence-electron chi connectivity index (χ3n) is 3.63. The number of halogens is 2. The van der Waals surface area contributed by atoms with E-state index in [0.29, 0.717) is 31.5 Å². The van der Waals surface area contributed by atoms with Crippen molar-refractivity contribution in [1.82, 2.24) is 10.2 Å². The van der Waals surface area contributed by atoms with Crippen molar-refractivity contribution in [2.24, 2.45) is 0 Å². The maximum absolute atomic E-state index is 11.9. The van der Waals surface area contributed by atoms with Crippen LogP contribution < -0.4 is 5.32 Å². The van der Waals surface area contributed by atoms with Crippen molar-refractivity contribution in [3.05, 3.63) is 24.3 Å². The third-order valence-corrected chi connectivity index (χ3v) is 4.39. The zero-order valence-electron chi connectivity index (χ0n) is 22.0. The van der Waals surface area contributed by atoms with Gasteiger partial charge in [0.1, 0.15) is 11.2 Å². The highest BCUT2D eigenvalue weighted by molar-refractivity contribution is 6.23. The van der Waals surface area contributed by atoms with Crippen molar-refractivity contribution in [2.75, 3.05) is 38.1 Å². The fourth-order valence-electron chi connectivity index (χ4n) is 2.06. The van der Waals surface area contributed by atoms with E-state index in [1.165, 1.54) is 0 Å². The Kier molecular flexibility index (Phi) is 20.4. The molecule has 1 aliphatic heterocycles. The molecule has 8 nitrogen and oxygen atoms in total. The van der Waals surface area contributed by atoms with E-state index >= 15 is 0 Å². The van der Waals surface area contributed by atoms with Gasteiger partial charge in [0.15, 0.2) is 0 Å². The van der Waals surface area contributed by atoms with Crippen LogP contribution in [0.5, 0.6) is 0 Å². The number of rotatable bonds is 4. The number of carbonyl (C=O) groups excluding carboxylic acids is 2. The maximum atomic E-state index is 11.9. The second-order valence-corrected chi connectivity index (χ2v) is 10.5. The van der Waals surface area contributed by atoms with E-state index < -0.39 is 17.3 Å². The average Bonchev–Trinajstić information content (AvgIpc) is 2.85. The van der Waals surface area contributed by atoms with Crippen LogP contribution in [-0.2, 0) is 14.2 Å². The van der Waals surface area contributed by atoms with Crippen LogP contribution in [0.15, 0.2) is 24.3 Å². The van der Waals surface area contributed by atoms with E-state index in [2.05, 4.69) is 18.5 Å². The molecule has 2 N–H and O–H groups in total. The normalized spacial score (nSPS) is 16.6. The summed E-state index contributed by atoms with van der Waals surface area (Å²) in [5, 5.41) is 11.1. The topological polar surface area (TPSA) is 97.3 Å². The number of ether oxygens (including phenoxy) is 3. The van der Waals surface area contributed by atoms with Crippen molar-refractivity contribution in [2.45, 2.75) is 86.1 Å². The molecule has 0 aromatic heterocycles. The third kappa shape index (κ3) is 22.7. The first-order valence-corrected chi connectivity index (χ1v) is 12.2. The summed E-state index contributed by atoms with van der Waals surface area (Å²) < 4.78 is 15.7. The molecular weight excluding hydrogens is 495 g/mol. The number of hydrogen-bond donors (Lipinski definition) is 2. The minimum atomic E-state index is -0.496. The van der Waals surface area contributed by atoms with Crippen molar-refractivity contribution >= 4 is 35.4 Å². The first-order chi connectivity index (χ1) is 15.4. The van der Waals surface area contributed by atoms with Crippen molar-refractivity contribution < 1.29 is 28.9 Å². The molecule has 0 aromatic carbocycles. The number of nitrogens with one attached hydrogen (secondary N) is 1. The molecule has 2 amide bonds. The number of hydrogen-bond acceptors (Lipinski definition) is 6. The molecule has 0 aliphatic carbocycles. The van der Waals surface area contributed by atoms with Gasteiger partial charge in [-0.05, 0) is 66.5 Å². The minimum Gasteiger partial charge on any atom is -0.444 e. The van der Waals surface area contributed by atoms with Crippen LogP contribution >= 0.6 is 23.2 Å². The molecule has 0 aromatic rings. The lowest BCUT2D eigenvalue weighted by Gasteiger charge is -2.29. The van der Waals surface area contributed by atoms with Gasteiger partial charge in [-0.3, -0.25) is 4.90 Å². The molecule has 0 spiro atoms. The first-order valence-electron chi connectivity index (χ1n) is 11.1. The Morgan fingerprint density at radius 2 is 1.66 bits per heavy atom. The lowest BCUT2D eigenvalue weighted by atomic mass is 10.2. The van der Waals surface area contributed by atoms with E-state index in [1.807, 2.05) is 27.7 Å². The Labute approximate surface area is 223 Å². The predicted octanol–water partition coefficient (Wildman–Crippen LogP) is 5.75. The standard InChI is InChI=1S/C12H21NO3.C8H17NO3.C4H6Cl2.CH4/c1-9-6-13(10(2)8-15-7-9)11(14)16-12(3,4)5;1-6(5-10)9-7(11)12-8(2,3)4;1-4(2-5)3-6;/h10H,1,6-8H2,2-5H3;6,10H,5H2,1-4H3,(H,9,11);1-3H2;1H4. The molecule has 208 valence electrons. The Bertz CT molecular complexity index is 639. The van der Waals surface area contributed by atoms with Gasteiger partial charge in [0.2, 0.25) is 0 Å². The van der Waals surface area contributed by atoms with Crippen molar-refractivity contribution in [3.63, 3.8) is 0 Å². The zero-order chi connectivity index (χ0) is 27.1. The second-order valence-electron chi connectivity index (χ2n) is 9.97. The highest BCUT2D eigenvalue weighted by Crippen LogP contribution is 2.15.